The number of likely N-dealkylation sites (tertiary alicyclic amines) is 1. The average Bonchev–Trinajstić information content (AvgIpc) is 2.59. The largest absolute Gasteiger partial charge is 0.469 e. The molecule has 1 aliphatic rings. The second-order valence-electron chi connectivity index (χ2n) is 6.11. The molecule has 0 N–H and O–H groups in total. The van der Waals surface area contributed by atoms with E-state index in [2.05, 4.69) is 4.90 Å². The number of benzene rings is 1. The number of methoxy groups -OCH3 is 1. The summed E-state index contributed by atoms with van der Waals surface area (Å²) in [5.74, 6) is -0.489. The molecule has 0 aromatic heterocycles. The minimum absolute atomic E-state index is 0.0262. The molecule has 1 amide bonds. The lowest BCUT2D eigenvalue weighted by Crippen LogP contribution is -2.44. The standard InChI is InChI=1S/C18H25FN2O3/c1-3-21(12-14-5-4-6-16(19)11-14)17(22)13-20-9-7-15(8-10-20)18(23)24-2/h4-6,11,15H,3,7-10,12-13H2,1-2H3. The topological polar surface area (TPSA) is 49.9 Å². The Hall–Kier alpha value is -1.95. The summed E-state index contributed by atoms with van der Waals surface area (Å²) >= 11 is 0. The van der Waals surface area contributed by atoms with Gasteiger partial charge in [0.25, 0.3) is 0 Å². The average molecular weight is 336 g/mol. The molecule has 132 valence electrons. The maximum Gasteiger partial charge on any atom is 0.308 e. The number of hydrogen-bond acceptors (Lipinski definition) is 4. The van der Waals surface area contributed by atoms with E-state index in [0.717, 1.165) is 18.4 Å². The first-order valence-corrected chi connectivity index (χ1v) is 8.36. The highest BCUT2D eigenvalue weighted by Gasteiger charge is 2.27. The van der Waals surface area contributed by atoms with Gasteiger partial charge in [0.2, 0.25) is 5.91 Å². The molecule has 2 rings (SSSR count). The van der Waals surface area contributed by atoms with E-state index in [-0.39, 0.29) is 23.6 Å². The third-order valence-corrected chi connectivity index (χ3v) is 4.48. The number of likely N-dealkylation sites (N-methyl/N-ethyl adjacent to an activating group) is 1. The molecular formula is C18H25FN2O3. The first-order valence-electron chi connectivity index (χ1n) is 8.36. The summed E-state index contributed by atoms with van der Waals surface area (Å²) in [6.45, 7) is 4.66. The monoisotopic (exact) mass is 336 g/mol. The van der Waals surface area contributed by atoms with Gasteiger partial charge in [-0.2, -0.15) is 0 Å². The van der Waals surface area contributed by atoms with E-state index >= 15 is 0 Å². The van der Waals surface area contributed by atoms with Crippen LogP contribution in [0.2, 0.25) is 0 Å². The number of rotatable bonds is 6. The van der Waals surface area contributed by atoms with Crippen LogP contribution < -0.4 is 0 Å². The Labute approximate surface area is 142 Å². The van der Waals surface area contributed by atoms with Crippen molar-refractivity contribution in [1.82, 2.24) is 9.80 Å². The number of piperidine rings is 1. The van der Waals surface area contributed by atoms with Crippen molar-refractivity contribution in [3.05, 3.63) is 35.6 Å². The Morgan fingerprint density at radius 3 is 2.62 bits per heavy atom. The third-order valence-electron chi connectivity index (χ3n) is 4.48. The zero-order valence-electron chi connectivity index (χ0n) is 14.3. The highest BCUT2D eigenvalue weighted by atomic mass is 19.1. The first kappa shape index (κ1) is 18.4. The molecular weight excluding hydrogens is 311 g/mol. The number of nitrogens with zero attached hydrogens (tertiary/aromatic N) is 2. The van der Waals surface area contributed by atoms with Gasteiger partial charge >= 0.3 is 5.97 Å². The number of esters is 1. The lowest BCUT2D eigenvalue weighted by molar-refractivity contribution is -0.147. The molecule has 24 heavy (non-hydrogen) atoms. The van der Waals surface area contributed by atoms with Gasteiger partial charge in [-0.1, -0.05) is 12.1 Å². The number of hydrogen-bond donors (Lipinski definition) is 0. The van der Waals surface area contributed by atoms with Crippen LogP contribution in [0.1, 0.15) is 25.3 Å². The van der Waals surface area contributed by atoms with Crippen molar-refractivity contribution in [2.45, 2.75) is 26.3 Å². The Balaban J connectivity index is 1.85. The van der Waals surface area contributed by atoms with Crippen molar-refractivity contribution in [1.29, 1.82) is 0 Å². The van der Waals surface area contributed by atoms with Crippen LogP contribution in [0.3, 0.4) is 0 Å². The number of halogens is 1. The van der Waals surface area contributed by atoms with E-state index < -0.39 is 0 Å². The number of amides is 1. The van der Waals surface area contributed by atoms with Gasteiger partial charge in [0, 0.05) is 13.1 Å². The Kier molecular flexibility index (Phi) is 6.73. The lowest BCUT2D eigenvalue weighted by Gasteiger charge is -2.32. The van der Waals surface area contributed by atoms with E-state index in [4.69, 9.17) is 4.74 Å². The second-order valence-corrected chi connectivity index (χ2v) is 6.11. The normalized spacial score (nSPS) is 16.0. The molecule has 1 fully saturated rings. The van der Waals surface area contributed by atoms with Crippen LogP contribution in [-0.2, 0) is 20.9 Å². The molecule has 1 aromatic carbocycles. The Morgan fingerprint density at radius 1 is 1.33 bits per heavy atom. The minimum atomic E-state index is -0.291. The summed E-state index contributed by atoms with van der Waals surface area (Å²) in [4.78, 5) is 27.8. The SMILES string of the molecule is CCN(Cc1cccc(F)c1)C(=O)CN1CCC(C(=O)OC)CC1. The molecule has 0 bridgehead atoms. The second kappa shape index (κ2) is 8.78. The first-order chi connectivity index (χ1) is 11.5. The van der Waals surface area contributed by atoms with Crippen molar-refractivity contribution in [3.8, 4) is 0 Å². The number of ether oxygens (including phenoxy) is 1. The summed E-state index contributed by atoms with van der Waals surface area (Å²) in [7, 11) is 1.41. The summed E-state index contributed by atoms with van der Waals surface area (Å²) in [6.07, 6.45) is 1.44. The van der Waals surface area contributed by atoms with Gasteiger partial charge in [0.1, 0.15) is 5.82 Å². The van der Waals surface area contributed by atoms with Gasteiger partial charge in [-0.15, -0.1) is 0 Å². The quantitative estimate of drug-likeness (QED) is 0.746. The predicted molar refractivity (Wildman–Crippen MR) is 88.7 cm³/mol. The van der Waals surface area contributed by atoms with Crippen LogP contribution >= 0.6 is 0 Å². The van der Waals surface area contributed by atoms with Gasteiger partial charge in [0.05, 0.1) is 19.6 Å². The van der Waals surface area contributed by atoms with Gasteiger partial charge in [-0.25, -0.2) is 4.39 Å². The molecule has 6 heteroatoms. The molecule has 5 nitrogen and oxygen atoms in total. The van der Waals surface area contributed by atoms with E-state index in [0.29, 0.717) is 32.7 Å². The molecule has 0 radical (unpaired) electrons. The summed E-state index contributed by atoms with van der Waals surface area (Å²) in [6, 6.07) is 6.33. The molecule has 0 aliphatic carbocycles. The van der Waals surface area contributed by atoms with E-state index in [9.17, 15) is 14.0 Å². The fourth-order valence-electron chi connectivity index (χ4n) is 3.02. The fraction of sp³-hybridized carbons (Fsp3) is 0.556. The van der Waals surface area contributed by atoms with E-state index in [1.807, 2.05) is 13.0 Å². The zero-order valence-corrected chi connectivity index (χ0v) is 14.3. The van der Waals surface area contributed by atoms with Crippen molar-refractivity contribution >= 4 is 11.9 Å². The molecule has 0 atom stereocenters. The van der Waals surface area contributed by atoms with Gasteiger partial charge in [-0.3, -0.25) is 14.5 Å². The maximum atomic E-state index is 13.3. The van der Waals surface area contributed by atoms with Crippen LogP contribution in [0, 0.1) is 11.7 Å². The Morgan fingerprint density at radius 2 is 2.04 bits per heavy atom. The van der Waals surface area contributed by atoms with Crippen molar-refractivity contribution in [3.63, 3.8) is 0 Å². The van der Waals surface area contributed by atoms with E-state index in [1.54, 1.807) is 11.0 Å². The highest BCUT2D eigenvalue weighted by molar-refractivity contribution is 5.78. The summed E-state index contributed by atoms with van der Waals surface area (Å²) in [5, 5.41) is 0. The zero-order chi connectivity index (χ0) is 17.5. The van der Waals surface area contributed by atoms with Gasteiger partial charge < -0.3 is 9.64 Å². The van der Waals surface area contributed by atoms with Crippen LogP contribution in [0.4, 0.5) is 4.39 Å². The van der Waals surface area contributed by atoms with Crippen molar-refractivity contribution in [2.75, 3.05) is 33.3 Å². The molecule has 1 aliphatic heterocycles. The van der Waals surface area contributed by atoms with Crippen LogP contribution in [0.5, 0.6) is 0 Å². The lowest BCUT2D eigenvalue weighted by atomic mass is 9.97. The Bertz CT molecular complexity index is 571. The smallest absolute Gasteiger partial charge is 0.308 e. The van der Waals surface area contributed by atoms with Crippen molar-refractivity contribution < 1.29 is 18.7 Å². The van der Waals surface area contributed by atoms with Crippen molar-refractivity contribution in [2.24, 2.45) is 5.92 Å². The molecule has 1 saturated heterocycles. The number of carbonyl (C=O) groups is 2. The van der Waals surface area contributed by atoms with Crippen LogP contribution in [-0.4, -0.2) is 55.0 Å². The van der Waals surface area contributed by atoms with Crippen LogP contribution in [0.15, 0.2) is 24.3 Å². The molecule has 0 spiro atoms. The maximum absolute atomic E-state index is 13.3. The highest BCUT2D eigenvalue weighted by Crippen LogP contribution is 2.18. The summed E-state index contributed by atoms with van der Waals surface area (Å²) in [5.41, 5.74) is 0.787. The number of carbonyl (C=O) groups excluding carboxylic acids is 2. The molecule has 0 unspecified atom stereocenters. The molecule has 0 saturated carbocycles. The minimum Gasteiger partial charge on any atom is -0.469 e. The molecule has 1 heterocycles. The van der Waals surface area contributed by atoms with Crippen LogP contribution in [0.25, 0.3) is 0 Å². The summed E-state index contributed by atoms with van der Waals surface area (Å²) < 4.78 is 18.1. The fourth-order valence-corrected chi connectivity index (χ4v) is 3.02. The van der Waals surface area contributed by atoms with Gasteiger partial charge in [0.15, 0.2) is 0 Å². The third kappa shape index (κ3) is 5.03. The van der Waals surface area contributed by atoms with Gasteiger partial charge in [-0.05, 0) is 50.6 Å². The predicted octanol–water partition coefficient (Wildman–Crippen LogP) is 2.06. The molecule has 1 aromatic rings. The van der Waals surface area contributed by atoms with E-state index in [1.165, 1.54) is 19.2 Å².